The normalized spacial score (nSPS) is 17.0. The monoisotopic (exact) mass is 448 g/mol. The quantitative estimate of drug-likeness (QED) is 0.705. The van der Waals surface area contributed by atoms with E-state index in [0.29, 0.717) is 31.8 Å². The highest BCUT2D eigenvalue weighted by Crippen LogP contribution is 2.39. The number of aromatic nitrogens is 2. The lowest BCUT2D eigenvalue weighted by molar-refractivity contribution is -0.143. The molecule has 3 rings (SSSR count). The smallest absolute Gasteiger partial charge is 0.349 e. The SMILES string of the molecule is CN(C)CCNC(=O)c1cn2c(n1)CCC(c1cc(C(F)(F)F)cc(C(F)(F)F)c1)C2. The molecule has 0 spiro atoms. The molecule has 0 bridgehead atoms. The van der Waals surface area contributed by atoms with Crippen molar-refractivity contribution in [1.82, 2.24) is 19.8 Å². The number of rotatable bonds is 5. The van der Waals surface area contributed by atoms with Crippen LogP contribution in [0.25, 0.3) is 0 Å². The Morgan fingerprint density at radius 1 is 1.13 bits per heavy atom. The summed E-state index contributed by atoms with van der Waals surface area (Å²) in [6.07, 6.45) is -7.61. The van der Waals surface area contributed by atoms with E-state index in [1.54, 1.807) is 4.57 Å². The predicted molar refractivity (Wildman–Crippen MR) is 101 cm³/mol. The van der Waals surface area contributed by atoms with Crippen LogP contribution in [0.15, 0.2) is 24.4 Å². The molecule has 1 aromatic carbocycles. The van der Waals surface area contributed by atoms with Gasteiger partial charge >= 0.3 is 12.4 Å². The molecule has 0 radical (unpaired) electrons. The first-order valence-corrected chi connectivity index (χ1v) is 9.63. The third-order valence-corrected chi connectivity index (χ3v) is 5.15. The topological polar surface area (TPSA) is 50.2 Å². The van der Waals surface area contributed by atoms with E-state index < -0.39 is 29.4 Å². The Labute approximate surface area is 175 Å². The van der Waals surface area contributed by atoms with Crippen LogP contribution in [-0.4, -0.2) is 47.5 Å². The van der Waals surface area contributed by atoms with Crippen LogP contribution in [0.5, 0.6) is 0 Å². The first kappa shape index (κ1) is 23.1. The number of alkyl halides is 6. The lowest BCUT2D eigenvalue weighted by Gasteiger charge is -2.25. The highest BCUT2D eigenvalue weighted by molar-refractivity contribution is 5.92. The fourth-order valence-electron chi connectivity index (χ4n) is 3.52. The molecule has 2 heterocycles. The van der Waals surface area contributed by atoms with Crippen LogP contribution < -0.4 is 5.32 Å². The minimum Gasteiger partial charge on any atom is -0.349 e. The fraction of sp³-hybridized carbons (Fsp3) is 0.500. The van der Waals surface area contributed by atoms with Crippen molar-refractivity contribution in [2.75, 3.05) is 27.2 Å². The van der Waals surface area contributed by atoms with Gasteiger partial charge in [0.15, 0.2) is 0 Å². The number of halogens is 6. The van der Waals surface area contributed by atoms with E-state index >= 15 is 0 Å². The summed E-state index contributed by atoms with van der Waals surface area (Å²) in [5.41, 5.74) is -2.50. The second-order valence-electron chi connectivity index (χ2n) is 7.83. The molecule has 2 aromatic rings. The fourth-order valence-corrected chi connectivity index (χ4v) is 3.52. The van der Waals surface area contributed by atoms with Gasteiger partial charge in [-0.3, -0.25) is 4.79 Å². The Bertz CT molecular complexity index is 916. The summed E-state index contributed by atoms with van der Waals surface area (Å²) in [6.45, 7) is 1.20. The van der Waals surface area contributed by atoms with Crippen LogP contribution in [0.3, 0.4) is 0 Å². The highest BCUT2D eigenvalue weighted by atomic mass is 19.4. The van der Waals surface area contributed by atoms with Gasteiger partial charge in [0.25, 0.3) is 5.91 Å². The summed E-state index contributed by atoms with van der Waals surface area (Å²) in [5, 5.41) is 2.72. The number of amides is 1. The zero-order valence-electron chi connectivity index (χ0n) is 16.9. The third-order valence-electron chi connectivity index (χ3n) is 5.15. The number of likely N-dealkylation sites (N-methyl/N-ethyl adjacent to an activating group) is 1. The zero-order chi connectivity index (χ0) is 23.0. The largest absolute Gasteiger partial charge is 0.416 e. The second-order valence-corrected chi connectivity index (χ2v) is 7.83. The standard InChI is InChI=1S/C20H22F6N4O/c1-29(2)6-5-27-18(31)16-11-30-10-12(3-4-17(30)28-16)13-7-14(19(21,22)23)9-15(8-13)20(24,25)26/h7-9,11-12H,3-6,10H2,1-2H3,(H,27,31). The maximum Gasteiger partial charge on any atom is 0.416 e. The molecular weight excluding hydrogens is 426 g/mol. The maximum absolute atomic E-state index is 13.2. The minimum absolute atomic E-state index is 0.0292. The van der Waals surface area contributed by atoms with Gasteiger partial charge in [-0.25, -0.2) is 4.98 Å². The second kappa shape index (κ2) is 8.52. The van der Waals surface area contributed by atoms with Gasteiger partial charge in [0, 0.05) is 38.2 Å². The van der Waals surface area contributed by atoms with E-state index in [4.69, 9.17) is 0 Å². The Kier molecular flexibility index (Phi) is 6.35. The number of nitrogens with one attached hydrogen (secondary N) is 1. The van der Waals surface area contributed by atoms with Crippen molar-refractivity contribution >= 4 is 5.91 Å². The molecule has 0 fully saturated rings. The number of carbonyl (C=O) groups is 1. The number of benzene rings is 1. The van der Waals surface area contributed by atoms with Gasteiger partial charge in [-0.2, -0.15) is 26.3 Å². The summed E-state index contributed by atoms with van der Waals surface area (Å²) < 4.78 is 80.6. The zero-order valence-corrected chi connectivity index (χ0v) is 16.9. The average Bonchev–Trinajstić information content (AvgIpc) is 3.09. The lowest BCUT2D eigenvalue weighted by atomic mass is 9.89. The van der Waals surface area contributed by atoms with Crippen molar-refractivity contribution in [3.05, 3.63) is 52.6 Å². The van der Waals surface area contributed by atoms with E-state index in [1.165, 1.54) is 6.20 Å². The highest BCUT2D eigenvalue weighted by Gasteiger charge is 2.38. The van der Waals surface area contributed by atoms with Crippen molar-refractivity contribution in [3.63, 3.8) is 0 Å². The molecule has 170 valence electrons. The molecule has 1 N–H and O–H groups in total. The van der Waals surface area contributed by atoms with Gasteiger partial charge in [-0.05, 0) is 44.3 Å². The van der Waals surface area contributed by atoms with E-state index in [-0.39, 0.29) is 29.8 Å². The van der Waals surface area contributed by atoms with Crippen LogP contribution in [0, 0.1) is 0 Å². The van der Waals surface area contributed by atoms with Crippen molar-refractivity contribution in [1.29, 1.82) is 0 Å². The van der Waals surface area contributed by atoms with Crippen LogP contribution in [0.1, 0.15) is 45.3 Å². The third kappa shape index (κ3) is 5.57. The number of fused-ring (bicyclic) bond motifs is 1. The van der Waals surface area contributed by atoms with Gasteiger partial charge in [0.05, 0.1) is 11.1 Å². The number of carbonyl (C=O) groups excluding carboxylic acids is 1. The van der Waals surface area contributed by atoms with Crippen LogP contribution in [-0.2, 0) is 25.3 Å². The lowest BCUT2D eigenvalue weighted by Crippen LogP contribution is -2.31. The molecule has 5 nitrogen and oxygen atoms in total. The van der Waals surface area contributed by atoms with Crippen LogP contribution >= 0.6 is 0 Å². The first-order chi connectivity index (χ1) is 14.3. The molecule has 1 aromatic heterocycles. The molecule has 1 aliphatic rings. The van der Waals surface area contributed by atoms with E-state index in [1.807, 2.05) is 19.0 Å². The molecule has 0 saturated heterocycles. The summed E-state index contributed by atoms with van der Waals surface area (Å²) >= 11 is 0. The Morgan fingerprint density at radius 3 is 2.29 bits per heavy atom. The van der Waals surface area contributed by atoms with Crippen molar-refractivity contribution in [2.24, 2.45) is 0 Å². The van der Waals surface area contributed by atoms with Gasteiger partial charge in [0.1, 0.15) is 11.5 Å². The molecule has 1 aliphatic heterocycles. The van der Waals surface area contributed by atoms with Gasteiger partial charge in [0.2, 0.25) is 0 Å². The molecular formula is C20H22F6N4O. The van der Waals surface area contributed by atoms with Crippen molar-refractivity contribution < 1.29 is 31.1 Å². The van der Waals surface area contributed by atoms with Gasteiger partial charge < -0.3 is 14.8 Å². The summed E-state index contributed by atoms with van der Waals surface area (Å²) in [6, 6.07) is 1.68. The number of nitrogens with zero attached hydrogens (tertiary/aromatic N) is 3. The molecule has 11 heteroatoms. The average molecular weight is 448 g/mol. The molecule has 1 amide bonds. The molecule has 1 unspecified atom stereocenters. The number of aryl methyl sites for hydroxylation is 1. The Balaban J connectivity index is 1.82. The molecule has 0 aliphatic carbocycles. The molecule has 31 heavy (non-hydrogen) atoms. The van der Waals surface area contributed by atoms with E-state index in [9.17, 15) is 31.1 Å². The summed E-state index contributed by atoms with van der Waals surface area (Å²) in [7, 11) is 3.72. The minimum atomic E-state index is -4.89. The van der Waals surface area contributed by atoms with Crippen molar-refractivity contribution in [3.8, 4) is 0 Å². The van der Waals surface area contributed by atoms with Gasteiger partial charge in [-0.15, -0.1) is 0 Å². The van der Waals surface area contributed by atoms with Crippen LogP contribution in [0.4, 0.5) is 26.3 Å². The van der Waals surface area contributed by atoms with Crippen molar-refractivity contribution in [2.45, 2.75) is 37.7 Å². The van der Waals surface area contributed by atoms with Crippen LogP contribution in [0.2, 0.25) is 0 Å². The Hall–Kier alpha value is -2.56. The van der Waals surface area contributed by atoms with E-state index in [2.05, 4.69) is 10.3 Å². The number of hydrogen-bond donors (Lipinski definition) is 1. The first-order valence-electron chi connectivity index (χ1n) is 9.63. The maximum atomic E-state index is 13.2. The number of imidazole rings is 1. The van der Waals surface area contributed by atoms with Gasteiger partial charge in [-0.1, -0.05) is 0 Å². The Morgan fingerprint density at radius 2 is 1.74 bits per heavy atom. The molecule has 0 saturated carbocycles. The number of hydrogen-bond acceptors (Lipinski definition) is 3. The summed E-state index contributed by atoms with van der Waals surface area (Å²) in [4.78, 5) is 18.4. The van der Waals surface area contributed by atoms with E-state index in [0.717, 1.165) is 12.1 Å². The summed E-state index contributed by atoms with van der Waals surface area (Å²) in [5.74, 6) is -0.356. The predicted octanol–water partition coefficient (Wildman–Crippen LogP) is 3.94. The molecule has 1 atom stereocenters.